The second-order valence-electron chi connectivity index (χ2n) is 34.7. The van der Waals surface area contributed by atoms with Crippen LogP contribution in [0.5, 0.6) is 0 Å². The monoisotopic (exact) mass is 2540 g/mol. The van der Waals surface area contributed by atoms with Gasteiger partial charge in [-0.15, -0.1) is 152 Å². The smallest absolute Gasteiger partial charge is 0.0602 e. The third kappa shape index (κ3) is 37.5. The number of pyridine rings is 4. The summed E-state index contributed by atoms with van der Waals surface area (Å²) in [5.41, 5.74) is 30.1. The minimum absolute atomic E-state index is 0. The molecule has 0 aliphatic heterocycles. The van der Waals surface area contributed by atoms with Crippen molar-refractivity contribution in [2.45, 2.75) is 181 Å². The Morgan fingerprint density at radius 2 is 0.601 bits per heavy atom. The Hall–Kier alpha value is -11.3. The van der Waals surface area contributed by atoms with E-state index in [0.717, 1.165) is 93.4 Å². The zero-order valence-electron chi connectivity index (χ0n) is 79.5. The van der Waals surface area contributed by atoms with Crippen molar-refractivity contribution in [1.82, 2.24) is 29.5 Å². The maximum atomic E-state index is 4.68. The van der Waals surface area contributed by atoms with Crippen LogP contribution in [-0.4, -0.2) is 29.5 Å². The molecule has 0 spiro atoms. The van der Waals surface area contributed by atoms with E-state index in [2.05, 4.69) is 363 Å². The van der Waals surface area contributed by atoms with E-state index in [1.807, 2.05) is 117 Å². The first-order valence-electron chi connectivity index (χ1n) is 48.5. The quantitative estimate of drug-likeness (QED) is 0.0284. The first kappa shape index (κ1) is 109. The predicted octanol–water partition coefficient (Wildman–Crippen LogP) is 33.4. The van der Waals surface area contributed by atoms with Crippen molar-refractivity contribution in [3.05, 3.63) is 492 Å². The molecule has 18 aromatic rings. The SMILES string of the molecule is Cc1ccc(-c2[c-]ccc(-c3ccccc3)c2)nc1.Cc1ccc(CCCCCCCc2cc[c-]c(-c3ccccn3)c2)cc1.[Ir].[Ir].[Ir].[Ir].[c-]1ccc(CCCCCCCc2ccccc2)cc1-c1nccn1-c1ccccc1.[c-]1ccc(CCCCCCc2ccccc2)cc1-c1ccc(-c2ccccc2)cn1.[c-]1sc(CCCCCCc2ccccc2)cc1-c1cc(-c2ccccc2)ccn1. The predicted molar refractivity (Wildman–Crippen MR) is 564 cm³/mol. The molecule has 0 bridgehead atoms. The molecular weight excluding hydrogens is 2410 g/mol. The maximum absolute atomic E-state index is 4.68. The van der Waals surface area contributed by atoms with Crippen molar-refractivity contribution in [2.75, 3.05) is 0 Å². The number of rotatable bonds is 39. The number of hydrogen-bond donors (Lipinski definition) is 0. The third-order valence-electron chi connectivity index (χ3n) is 24.3. The van der Waals surface area contributed by atoms with Gasteiger partial charge in [-0.1, -0.05) is 374 Å². The van der Waals surface area contributed by atoms with Gasteiger partial charge in [0.2, 0.25) is 0 Å². The van der Waals surface area contributed by atoms with Crippen LogP contribution in [-0.2, 0) is 132 Å². The van der Waals surface area contributed by atoms with E-state index in [4.69, 9.17) is 0 Å². The minimum atomic E-state index is 0. The molecule has 6 nitrogen and oxygen atoms in total. The number of aromatic nitrogens is 6. The summed E-state index contributed by atoms with van der Waals surface area (Å²) in [6.07, 6.45) is 44.0. The van der Waals surface area contributed by atoms with Crippen molar-refractivity contribution in [1.29, 1.82) is 0 Å². The van der Waals surface area contributed by atoms with Gasteiger partial charge in [0.1, 0.15) is 0 Å². The van der Waals surface area contributed by atoms with Crippen molar-refractivity contribution in [3.8, 4) is 95.5 Å². The molecule has 4 radical (unpaired) electrons. The summed E-state index contributed by atoms with van der Waals surface area (Å²) in [5.74, 6) is 0.948. The number of imidazole rings is 1. The van der Waals surface area contributed by atoms with Gasteiger partial charge in [-0.25, -0.2) is 0 Å². The molecule has 0 aliphatic rings. The molecule has 6 aromatic heterocycles. The maximum Gasteiger partial charge on any atom is 0.0602 e. The zero-order chi connectivity index (χ0) is 91.7. The van der Waals surface area contributed by atoms with Gasteiger partial charge in [0, 0.05) is 123 Å². The van der Waals surface area contributed by atoms with Gasteiger partial charge in [-0.05, 0) is 187 Å². The van der Waals surface area contributed by atoms with Crippen molar-refractivity contribution >= 4 is 11.3 Å². The van der Waals surface area contributed by atoms with Crippen molar-refractivity contribution in [2.24, 2.45) is 0 Å². The van der Waals surface area contributed by atoms with Crippen molar-refractivity contribution in [3.63, 3.8) is 0 Å². The van der Waals surface area contributed by atoms with Crippen LogP contribution in [0.3, 0.4) is 0 Å². The number of benzene rings is 12. The van der Waals surface area contributed by atoms with Gasteiger partial charge < -0.3 is 24.5 Å². The molecule has 0 saturated heterocycles. The van der Waals surface area contributed by atoms with Crippen LogP contribution < -0.4 is 0 Å². The van der Waals surface area contributed by atoms with Gasteiger partial charge in [0.15, 0.2) is 0 Å². The second kappa shape index (κ2) is 62.6. The third-order valence-corrected chi connectivity index (χ3v) is 25.2. The molecule has 0 aliphatic carbocycles. The largest absolute Gasteiger partial charge is 0.340 e. The van der Waals surface area contributed by atoms with E-state index >= 15 is 0 Å². The Morgan fingerprint density at radius 1 is 0.232 bits per heavy atom. The van der Waals surface area contributed by atoms with Crippen LogP contribution in [0.15, 0.2) is 407 Å². The Kier molecular flexibility index (Phi) is 49.4. The summed E-state index contributed by atoms with van der Waals surface area (Å²) in [6.45, 7) is 4.19. The summed E-state index contributed by atoms with van der Waals surface area (Å²) in [6, 6.07) is 143. The topological polar surface area (TPSA) is 69.4 Å². The molecule has 0 N–H and O–H groups in total. The standard InChI is InChI=1S/C29H28N.C28H29N2.C27H26NS.C25H28N.C18H14N.4Ir/c1(5-12-24-13-7-3-8-14-24)2-6-15-25-16-11-19-27(22-25)29-21-20-28(23-30-29)26-17-9-4-10-18-26;1(2-6-13-24-14-8-4-9-15-24)3-7-16-25-17-12-18-26(23-25)28-29-21-22-30(28)27-19-10-5-11-20-27;1(5-11-22-12-6-3-7-13-22)2-10-16-26-19-25(21-29-26)27-20-24(17-18-28-27)23-14-8-4-9-15-23;1-21-15-17-22(18-16-21)10-5-3-2-4-6-11-23-12-9-13-24(20-23)25-14-7-8-19-26-25;1-14-10-11-18(19-13-14)17-9-5-8-16(12-17)15-6-3-2-4-7-15;;;;/h3-4,7-11,13-14,16-18,20-23H,1-2,5-6,12,15H2;4-5,8-12,14-15,17,19-23H,1-3,6-7,13,16H2;3-4,6-9,12-15,17-20H,1-2,5,10-11,16H2;7-9,12,14-20H,2-6,10-11H2,1H3;2-8,10-13H,1H3;;;;/q5*-1;;;;. The minimum Gasteiger partial charge on any atom is -0.340 e. The number of unbranched alkanes of at least 4 members (excludes halogenated alkanes) is 14. The number of thiophene rings is 1. The summed E-state index contributed by atoms with van der Waals surface area (Å²) in [4.78, 5) is 24.1. The van der Waals surface area contributed by atoms with Gasteiger partial charge >= 0.3 is 0 Å². The first-order chi connectivity index (χ1) is 66.3. The molecule has 6 heterocycles. The summed E-state index contributed by atoms with van der Waals surface area (Å²) >= 11 is 1.74. The fourth-order valence-corrected chi connectivity index (χ4v) is 17.5. The van der Waals surface area contributed by atoms with E-state index < -0.39 is 0 Å². The van der Waals surface area contributed by atoms with Crippen LogP contribution in [0.1, 0.15) is 171 Å². The average Bonchev–Trinajstić information content (AvgIpc) is 1.63. The number of aryl methyl sites for hydroxylation is 10. The number of nitrogens with zero attached hydrogens (tertiary/aromatic N) is 6. The zero-order valence-corrected chi connectivity index (χ0v) is 89.9. The number of para-hydroxylation sites is 1. The molecular formula is C127H125Ir4N6S-5. The summed E-state index contributed by atoms with van der Waals surface area (Å²) < 4.78 is 2.13. The Labute approximate surface area is 881 Å². The molecule has 0 atom stereocenters. The van der Waals surface area contributed by atoms with Gasteiger partial charge in [-0.3, -0.25) is 16.3 Å². The first-order valence-corrected chi connectivity index (χ1v) is 49.4. The van der Waals surface area contributed by atoms with Crippen molar-refractivity contribution < 1.29 is 80.4 Å². The second-order valence-corrected chi connectivity index (χ2v) is 35.6. The van der Waals surface area contributed by atoms with E-state index in [1.54, 1.807) is 11.3 Å². The van der Waals surface area contributed by atoms with Gasteiger partial charge in [0.25, 0.3) is 0 Å². The average molecular weight is 2540 g/mol. The molecule has 12 aromatic carbocycles. The van der Waals surface area contributed by atoms with Crippen LogP contribution >= 0.6 is 11.3 Å². The molecule has 138 heavy (non-hydrogen) atoms. The molecule has 0 unspecified atom stereocenters. The molecule has 0 fully saturated rings. The van der Waals surface area contributed by atoms with Gasteiger partial charge in [-0.2, -0.15) is 6.07 Å². The summed E-state index contributed by atoms with van der Waals surface area (Å²) in [7, 11) is 0. The molecule has 0 saturated carbocycles. The summed E-state index contributed by atoms with van der Waals surface area (Å²) in [5, 5.41) is 3.45. The van der Waals surface area contributed by atoms with Crippen LogP contribution in [0.2, 0.25) is 0 Å². The van der Waals surface area contributed by atoms with E-state index in [9.17, 15) is 0 Å². The van der Waals surface area contributed by atoms with Gasteiger partial charge in [0.05, 0.1) is 5.82 Å². The Balaban J connectivity index is 0.000000178. The number of hydrogen-bond acceptors (Lipinski definition) is 6. The van der Waals surface area contributed by atoms with E-state index in [1.165, 1.54) is 224 Å². The molecule has 0 amide bonds. The fraction of sp³-hybridized carbons (Fsp3) is 0.220. The normalized spacial score (nSPS) is 10.5. The van der Waals surface area contributed by atoms with Crippen LogP contribution in [0.25, 0.3) is 95.5 Å². The van der Waals surface area contributed by atoms with E-state index in [-0.39, 0.29) is 80.4 Å². The van der Waals surface area contributed by atoms with Crippen LogP contribution in [0.4, 0.5) is 0 Å². The fourth-order valence-electron chi connectivity index (χ4n) is 16.7. The molecule has 710 valence electrons. The Bertz CT molecular complexity index is 6310. The van der Waals surface area contributed by atoms with E-state index in [0.29, 0.717) is 0 Å². The Morgan fingerprint density at radius 3 is 1.06 bits per heavy atom. The molecule has 11 heteroatoms. The molecule has 18 rings (SSSR count). The van der Waals surface area contributed by atoms with Crippen LogP contribution in [0, 0.1) is 43.5 Å².